The number of nitrogens with zero attached hydrogens (tertiary/aromatic N) is 3. The van der Waals surface area contributed by atoms with E-state index in [1.807, 2.05) is 24.3 Å². The zero-order chi connectivity index (χ0) is 21.1. The summed E-state index contributed by atoms with van der Waals surface area (Å²) in [5.41, 5.74) is 2.10. The number of amides is 1. The molecule has 0 radical (unpaired) electrons. The molecule has 0 bridgehead atoms. The van der Waals surface area contributed by atoms with Crippen molar-refractivity contribution >= 4 is 28.4 Å². The maximum atomic E-state index is 12.8. The second-order valence-electron chi connectivity index (χ2n) is 7.05. The minimum absolute atomic E-state index is 0.0985. The Labute approximate surface area is 177 Å². The van der Waals surface area contributed by atoms with E-state index in [0.717, 1.165) is 16.5 Å². The van der Waals surface area contributed by atoms with Gasteiger partial charge in [-0.25, -0.2) is 0 Å². The lowest BCUT2D eigenvalue weighted by Crippen LogP contribution is -2.48. The SMILES string of the molecule is O=C(c1ccccc1OC(F)F)N1CCN(Cc2ccc(Cl)c3cccnc23)CC1. The van der Waals surface area contributed by atoms with Crippen LogP contribution in [0.4, 0.5) is 8.78 Å². The van der Waals surface area contributed by atoms with Gasteiger partial charge in [0.1, 0.15) is 5.75 Å². The molecule has 1 aliphatic rings. The number of carbonyl (C=O) groups is 1. The third-order valence-corrected chi connectivity index (χ3v) is 5.52. The number of rotatable bonds is 5. The summed E-state index contributed by atoms with van der Waals surface area (Å²) in [6.45, 7) is 0.0548. The smallest absolute Gasteiger partial charge is 0.387 e. The van der Waals surface area contributed by atoms with Crippen molar-refractivity contribution in [1.29, 1.82) is 0 Å². The van der Waals surface area contributed by atoms with Gasteiger partial charge in [0.25, 0.3) is 5.91 Å². The molecule has 5 nitrogen and oxygen atoms in total. The van der Waals surface area contributed by atoms with Gasteiger partial charge in [-0.2, -0.15) is 8.78 Å². The first-order valence-corrected chi connectivity index (χ1v) is 9.98. The lowest BCUT2D eigenvalue weighted by Gasteiger charge is -2.35. The van der Waals surface area contributed by atoms with Gasteiger partial charge in [-0.3, -0.25) is 14.7 Å². The topological polar surface area (TPSA) is 45.7 Å². The monoisotopic (exact) mass is 431 g/mol. The fraction of sp³-hybridized carbons (Fsp3) is 0.273. The number of alkyl halides is 2. The summed E-state index contributed by atoms with van der Waals surface area (Å²) in [5, 5.41) is 1.59. The van der Waals surface area contributed by atoms with Gasteiger partial charge >= 0.3 is 6.61 Å². The van der Waals surface area contributed by atoms with Gasteiger partial charge in [-0.05, 0) is 35.9 Å². The van der Waals surface area contributed by atoms with Crippen LogP contribution in [0.2, 0.25) is 5.02 Å². The number of aromatic nitrogens is 1. The molecule has 2 aromatic carbocycles. The van der Waals surface area contributed by atoms with Crippen LogP contribution in [0.15, 0.2) is 54.7 Å². The van der Waals surface area contributed by atoms with E-state index in [9.17, 15) is 13.6 Å². The van der Waals surface area contributed by atoms with Crippen LogP contribution in [0, 0.1) is 0 Å². The summed E-state index contributed by atoms with van der Waals surface area (Å²) in [5.74, 6) is -0.400. The number of carbonyl (C=O) groups excluding carboxylic acids is 1. The summed E-state index contributed by atoms with van der Waals surface area (Å²) < 4.78 is 29.8. The van der Waals surface area contributed by atoms with Crippen LogP contribution < -0.4 is 4.74 Å². The number of pyridine rings is 1. The second-order valence-corrected chi connectivity index (χ2v) is 7.46. The highest BCUT2D eigenvalue weighted by molar-refractivity contribution is 6.35. The Morgan fingerprint density at radius 3 is 2.60 bits per heavy atom. The maximum Gasteiger partial charge on any atom is 0.387 e. The summed E-state index contributed by atoms with van der Waals surface area (Å²) in [6, 6.07) is 13.8. The Hall–Kier alpha value is -2.77. The molecular formula is C22H20ClF2N3O2. The summed E-state index contributed by atoms with van der Waals surface area (Å²) >= 11 is 6.27. The van der Waals surface area contributed by atoms with E-state index in [2.05, 4.69) is 14.6 Å². The number of ether oxygens (including phenoxy) is 1. The third kappa shape index (κ3) is 4.37. The van der Waals surface area contributed by atoms with E-state index in [4.69, 9.17) is 11.6 Å². The first-order chi connectivity index (χ1) is 14.5. The Morgan fingerprint density at radius 1 is 1.07 bits per heavy atom. The molecule has 0 aliphatic carbocycles. The van der Waals surface area contributed by atoms with Gasteiger partial charge in [0, 0.05) is 49.3 Å². The first kappa shape index (κ1) is 20.5. The normalized spacial score (nSPS) is 15.0. The number of para-hydroxylation sites is 1. The van der Waals surface area contributed by atoms with Crippen molar-refractivity contribution in [3.8, 4) is 5.75 Å². The lowest BCUT2D eigenvalue weighted by molar-refractivity contribution is -0.0503. The largest absolute Gasteiger partial charge is 0.434 e. The first-order valence-electron chi connectivity index (χ1n) is 9.60. The Kier molecular flexibility index (Phi) is 6.11. The molecule has 1 aliphatic heterocycles. The standard InChI is InChI=1S/C22H20ClF2N3O2/c23-18-8-7-15(20-16(18)5-3-9-26-20)14-27-10-12-28(13-11-27)21(29)17-4-1-2-6-19(17)30-22(24)25/h1-9,22H,10-14H2. The molecule has 30 heavy (non-hydrogen) atoms. The number of fused-ring (bicyclic) bond motifs is 1. The van der Waals surface area contributed by atoms with Crippen molar-refractivity contribution < 1.29 is 18.3 Å². The highest BCUT2D eigenvalue weighted by Crippen LogP contribution is 2.26. The number of piperazine rings is 1. The molecule has 2 heterocycles. The highest BCUT2D eigenvalue weighted by atomic mass is 35.5. The molecular weight excluding hydrogens is 412 g/mol. The van der Waals surface area contributed by atoms with Crippen molar-refractivity contribution in [2.75, 3.05) is 26.2 Å². The molecule has 0 saturated carbocycles. The molecule has 1 aromatic heterocycles. The molecule has 8 heteroatoms. The highest BCUT2D eigenvalue weighted by Gasteiger charge is 2.25. The van der Waals surface area contributed by atoms with Gasteiger partial charge in [-0.15, -0.1) is 0 Å². The predicted octanol–water partition coefficient (Wildman–Crippen LogP) is 4.45. The van der Waals surface area contributed by atoms with E-state index in [0.29, 0.717) is 37.7 Å². The average molecular weight is 432 g/mol. The van der Waals surface area contributed by atoms with Crippen molar-refractivity contribution in [2.24, 2.45) is 0 Å². The number of halogens is 3. The molecule has 0 spiro atoms. The Bertz CT molecular complexity index is 1060. The van der Waals surface area contributed by atoms with E-state index in [1.54, 1.807) is 23.2 Å². The predicted molar refractivity (Wildman–Crippen MR) is 111 cm³/mol. The molecule has 4 rings (SSSR count). The molecule has 1 fully saturated rings. The summed E-state index contributed by atoms with van der Waals surface area (Å²) in [6.07, 6.45) is 1.75. The van der Waals surface area contributed by atoms with Crippen molar-refractivity contribution in [1.82, 2.24) is 14.8 Å². The second kappa shape index (κ2) is 8.93. The number of benzene rings is 2. The molecule has 156 valence electrons. The van der Waals surface area contributed by atoms with Gasteiger partial charge < -0.3 is 9.64 Å². The van der Waals surface area contributed by atoms with Crippen LogP contribution >= 0.6 is 11.6 Å². The van der Waals surface area contributed by atoms with Crippen LogP contribution in [0.3, 0.4) is 0 Å². The van der Waals surface area contributed by atoms with Gasteiger partial charge in [0.2, 0.25) is 0 Å². The quantitative estimate of drug-likeness (QED) is 0.599. The van der Waals surface area contributed by atoms with Crippen molar-refractivity contribution in [3.05, 3.63) is 70.9 Å². The molecule has 1 saturated heterocycles. The Balaban J connectivity index is 1.43. The van der Waals surface area contributed by atoms with E-state index in [-0.39, 0.29) is 17.2 Å². The molecule has 0 atom stereocenters. The third-order valence-electron chi connectivity index (χ3n) is 5.19. The van der Waals surface area contributed by atoms with E-state index in [1.165, 1.54) is 12.1 Å². The molecule has 3 aromatic rings. The van der Waals surface area contributed by atoms with Gasteiger partial charge in [0.05, 0.1) is 11.1 Å². The number of hydrogen-bond donors (Lipinski definition) is 0. The van der Waals surface area contributed by atoms with E-state index < -0.39 is 6.61 Å². The Morgan fingerprint density at radius 2 is 1.83 bits per heavy atom. The lowest BCUT2D eigenvalue weighted by atomic mass is 10.1. The van der Waals surface area contributed by atoms with Crippen LogP contribution in [-0.2, 0) is 6.54 Å². The fourth-order valence-electron chi connectivity index (χ4n) is 3.69. The summed E-state index contributed by atoms with van der Waals surface area (Å²) in [4.78, 5) is 21.2. The van der Waals surface area contributed by atoms with Crippen molar-refractivity contribution in [3.63, 3.8) is 0 Å². The van der Waals surface area contributed by atoms with Crippen LogP contribution in [0.25, 0.3) is 10.9 Å². The fourth-order valence-corrected chi connectivity index (χ4v) is 3.90. The van der Waals surface area contributed by atoms with Crippen LogP contribution in [0.1, 0.15) is 15.9 Å². The van der Waals surface area contributed by atoms with Gasteiger partial charge in [0.15, 0.2) is 0 Å². The maximum absolute atomic E-state index is 12.8. The zero-order valence-corrected chi connectivity index (χ0v) is 16.9. The van der Waals surface area contributed by atoms with Gasteiger partial charge in [-0.1, -0.05) is 29.8 Å². The molecule has 0 unspecified atom stereocenters. The van der Waals surface area contributed by atoms with Crippen molar-refractivity contribution in [2.45, 2.75) is 13.2 Å². The molecule has 1 amide bonds. The molecule has 0 N–H and O–H groups in total. The zero-order valence-electron chi connectivity index (χ0n) is 16.1. The number of hydrogen-bond acceptors (Lipinski definition) is 4. The van der Waals surface area contributed by atoms with Crippen LogP contribution in [-0.4, -0.2) is 53.5 Å². The average Bonchev–Trinajstić information content (AvgIpc) is 2.76. The minimum atomic E-state index is -2.97. The minimum Gasteiger partial charge on any atom is -0.434 e. The van der Waals surface area contributed by atoms with E-state index >= 15 is 0 Å². The van der Waals surface area contributed by atoms with Crippen LogP contribution in [0.5, 0.6) is 5.75 Å². The summed E-state index contributed by atoms with van der Waals surface area (Å²) in [7, 11) is 0.